The van der Waals surface area contributed by atoms with Crippen LogP contribution in [0.5, 0.6) is 0 Å². The van der Waals surface area contributed by atoms with Crippen LogP contribution in [-0.2, 0) is 27.0 Å². The van der Waals surface area contributed by atoms with Crippen molar-refractivity contribution in [1.82, 2.24) is 14.7 Å². The van der Waals surface area contributed by atoms with Crippen LogP contribution in [0, 0.1) is 17.8 Å². The number of benzene rings is 2. The van der Waals surface area contributed by atoms with Gasteiger partial charge in [0.1, 0.15) is 0 Å². The van der Waals surface area contributed by atoms with Gasteiger partial charge in [-0.1, -0.05) is 24.6 Å². The molecule has 0 saturated heterocycles. The summed E-state index contributed by atoms with van der Waals surface area (Å²) >= 11 is 0. The van der Waals surface area contributed by atoms with Gasteiger partial charge in [-0.3, -0.25) is 19.2 Å². The van der Waals surface area contributed by atoms with E-state index in [2.05, 4.69) is 5.32 Å². The molecular weight excluding hydrogens is 599 g/mol. The largest absolute Gasteiger partial charge is 0.416 e. The van der Waals surface area contributed by atoms with Gasteiger partial charge in [0.25, 0.3) is 5.91 Å². The smallest absolute Gasteiger partial charge is 0.368 e. The molecule has 12 heteroatoms. The maximum Gasteiger partial charge on any atom is 0.416 e. The van der Waals surface area contributed by atoms with Crippen molar-refractivity contribution in [3.8, 4) is 0 Å². The molecular formula is C34H42F3N5O4. The van der Waals surface area contributed by atoms with Gasteiger partial charge in [-0.2, -0.15) is 13.2 Å². The van der Waals surface area contributed by atoms with Gasteiger partial charge < -0.3 is 25.8 Å². The number of halogens is 3. The van der Waals surface area contributed by atoms with Gasteiger partial charge in [0.05, 0.1) is 18.2 Å². The highest BCUT2D eigenvalue weighted by Crippen LogP contribution is 2.49. The standard InChI is InChI=1S/C34H42F3N5O4/c1-40(2)13-14-41(20-30(38)43)32(45)11-12-42-29(22-5-8-26(9-6-22)34(35,36)37)17-24-7-10-27(19-28(24)33(42)46)39-31(44)18-25-16-21-3-4-23(25)15-21/h5-10,19,21,23,25,29H,3-4,11-18,20H2,1-2H3,(H2,38,43)(H,39,44)/t21?,23-,25?,29?/m1/s1. The summed E-state index contributed by atoms with van der Waals surface area (Å²) in [5, 5.41) is 2.96. The van der Waals surface area contributed by atoms with Crippen LogP contribution < -0.4 is 11.1 Å². The molecule has 1 heterocycles. The normalized spacial score (nSPS) is 22.2. The number of nitrogens with one attached hydrogen (secondary N) is 1. The molecule has 3 N–H and O–H groups in total. The molecule has 5 rings (SSSR count). The van der Waals surface area contributed by atoms with Gasteiger partial charge in [0, 0.05) is 43.7 Å². The minimum atomic E-state index is -4.51. The van der Waals surface area contributed by atoms with Gasteiger partial charge in [-0.05, 0) is 92.9 Å². The van der Waals surface area contributed by atoms with E-state index in [1.165, 1.54) is 41.2 Å². The number of nitrogens with two attached hydrogens (primary N) is 1. The van der Waals surface area contributed by atoms with Crippen LogP contribution in [0.1, 0.15) is 71.6 Å². The van der Waals surface area contributed by atoms with Crippen molar-refractivity contribution in [2.75, 3.05) is 45.6 Å². The molecule has 0 aromatic heterocycles. The van der Waals surface area contributed by atoms with Gasteiger partial charge in [0.2, 0.25) is 17.7 Å². The van der Waals surface area contributed by atoms with Gasteiger partial charge in [-0.25, -0.2) is 0 Å². The minimum Gasteiger partial charge on any atom is -0.368 e. The Morgan fingerprint density at radius 3 is 2.37 bits per heavy atom. The second-order valence-electron chi connectivity index (χ2n) is 13.2. The average Bonchev–Trinajstić information content (AvgIpc) is 3.61. The molecule has 0 radical (unpaired) electrons. The number of carbonyl (C=O) groups is 4. The summed E-state index contributed by atoms with van der Waals surface area (Å²) in [5.74, 6) is 0.231. The molecule has 248 valence electrons. The van der Waals surface area contributed by atoms with E-state index >= 15 is 0 Å². The molecule has 3 aliphatic rings. The lowest BCUT2D eigenvalue weighted by molar-refractivity contribution is -0.137. The minimum absolute atomic E-state index is 0.0269. The van der Waals surface area contributed by atoms with Crippen LogP contribution in [-0.4, -0.2) is 78.6 Å². The Hall–Kier alpha value is -3.93. The summed E-state index contributed by atoms with van der Waals surface area (Å²) in [4.78, 5) is 56.6. The number of rotatable bonds is 12. The topological polar surface area (TPSA) is 116 Å². The fraction of sp³-hybridized carbons (Fsp3) is 0.529. The third kappa shape index (κ3) is 7.89. The number of amides is 4. The van der Waals surface area contributed by atoms with E-state index < -0.39 is 29.6 Å². The number of likely N-dealkylation sites (N-methyl/N-ethyl adjacent to an activating group) is 1. The number of nitrogens with zero attached hydrogens (tertiary/aromatic N) is 3. The molecule has 2 aromatic carbocycles. The summed E-state index contributed by atoms with van der Waals surface area (Å²) in [6.07, 6.45) is 0.880. The van der Waals surface area contributed by atoms with Crippen LogP contribution in [0.2, 0.25) is 0 Å². The maximum atomic E-state index is 14.0. The lowest BCUT2D eigenvalue weighted by Crippen LogP contribution is -2.45. The van der Waals surface area contributed by atoms with E-state index in [0.29, 0.717) is 53.6 Å². The molecule has 46 heavy (non-hydrogen) atoms. The van der Waals surface area contributed by atoms with Gasteiger partial charge in [0.15, 0.2) is 0 Å². The third-order valence-corrected chi connectivity index (χ3v) is 9.71. The highest BCUT2D eigenvalue weighted by Gasteiger charge is 2.40. The highest BCUT2D eigenvalue weighted by molar-refractivity contribution is 6.00. The number of fused-ring (bicyclic) bond motifs is 3. The van der Waals surface area contributed by atoms with Crippen LogP contribution in [0.4, 0.5) is 18.9 Å². The molecule has 1 aliphatic heterocycles. The predicted molar refractivity (Wildman–Crippen MR) is 166 cm³/mol. The van der Waals surface area contributed by atoms with Crippen LogP contribution in [0.3, 0.4) is 0 Å². The van der Waals surface area contributed by atoms with Crippen molar-refractivity contribution in [1.29, 1.82) is 0 Å². The summed E-state index contributed by atoms with van der Waals surface area (Å²) in [6, 6.07) is 9.25. The maximum absolute atomic E-state index is 14.0. The zero-order chi connectivity index (χ0) is 33.2. The summed E-state index contributed by atoms with van der Waals surface area (Å²) in [7, 11) is 3.67. The molecule has 4 atom stereocenters. The van der Waals surface area contributed by atoms with Crippen molar-refractivity contribution in [3.63, 3.8) is 0 Å². The fourth-order valence-electron chi connectivity index (χ4n) is 7.35. The van der Waals surface area contributed by atoms with Crippen LogP contribution >= 0.6 is 0 Å². The SMILES string of the molecule is CN(C)CCN(CC(N)=O)C(=O)CCN1C(=O)c2cc(NC(=O)CC3CC4CC[C@@H]3C4)ccc2CC1c1ccc(C(F)(F)F)cc1. The quantitative estimate of drug-likeness (QED) is 0.355. The first kappa shape index (κ1) is 33.4. The van der Waals surface area contributed by atoms with E-state index in [-0.39, 0.29) is 37.9 Å². The Kier molecular flexibility index (Phi) is 10.0. The lowest BCUT2D eigenvalue weighted by atomic mass is 9.86. The predicted octanol–water partition coefficient (Wildman–Crippen LogP) is 4.48. The van der Waals surface area contributed by atoms with E-state index in [9.17, 15) is 32.3 Å². The molecule has 9 nitrogen and oxygen atoms in total. The number of alkyl halides is 3. The number of anilines is 1. The van der Waals surface area contributed by atoms with Crippen LogP contribution in [0.25, 0.3) is 0 Å². The highest BCUT2D eigenvalue weighted by atomic mass is 19.4. The van der Waals surface area contributed by atoms with Crippen molar-refractivity contribution in [3.05, 3.63) is 64.7 Å². The zero-order valence-electron chi connectivity index (χ0n) is 26.3. The number of carbonyl (C=O) groups excluding carboxylic acids is 4. The summed E-state index contributed by atoms with van der Waals surface area (Å²) in [6.45, 7) is 0.469. The molecule has 2 aliphatic carbocycles. The monoisotopic (exact) mass is 641 g/mol. The molecule has 2 bridgehead atoms. The first-order valence-corrected chi connectivity index (χ1v) is 15.9. The Morgan fingerprint density at radius 1 is 1.02 bits per heavy atom. The second-order valence-corrected chi connectivity index (χ2v) is 13.2. The first-order chi connectivity index (χ1) is 21.8. The van der Waals surface area contributed by atoms with Gasteiger partial charge in [-0.15, -0.1) is 0 Å². The molecule has 2 aromatic rings. The zero-order valence-corrected chi connectivity index (χ0v) is 26.3. The lowest BCUT2D eigenvalue weighted by Gasteiger charge is -2.37. The van der Waals surface area contributed by atoms with Gasteiger partial charge >= 0.3 is 6.18 Å². The Morgan fingerprint density at radius 2 is 1.76 bits per heavy atom. The van der Waals surface area contributed by atoms with Crippen LogP contribution in [0.15, 0.2) is 42.5 Å². The molecule has 4 amide bonds. The van der Waals surface area contributed by atoms with E-state index in [1.807, 2.05) is 19.0 Å². The molecule has 2 saturated carbocycles. The number of hydrogen-bond acceptors (Lipinski definition) is 5. The number of primary amides is 1. The second kappa shape index (κ2) is 13.8. The van der Waals surface area contributed by atoms with E-state index in [1.54, 1.807) is 18.2 Å². The van der Waals surface area contributed by atoms with Crippen molar-refractivity contribution in [2.45, 2.75) is 57.2 Å². The van der Waals surface area contributed by atoms with E-state index in [0.717, 1.165) is 24.5 Å². The summed E-state index contributed by atoms with van der Waals surface area (Å²) in [5.41, 5.74) is 6.66. The first-order valence-electron chi connectivity index (χ1n) is 15.9. The third-order valence-electron chi connectivity index (χ3n) is 9.71. The summed E-state index contributed by atoms with van der Waals surface area (Å²) < 4.78 is 39.9. The Bertz CT molecular complexity index is 1460. The van der Waals surface area contributed by atoms with Crippen molar-refractivity contribution < 1.29 is 32.3 Å². The Labute approximate surface area is 267 Å². The Balaban J connectivity index is 1.35. The van der Waals surface area contributed by atoms with E-state index in [4.69, 9.17) is 5.73 Å². The fourth-order valence-corrected chi connectivity index (χ4v) is 7.35. The molecule has 3 unspecified atom stereocenters. The van der Waals surface area contributed by atoms with Crippen molar-refractivity contribution >= 4 is 29.3 Å². The number of hydrogen-bond donors (Lipinski definition) is 2. The average molecular weight is 642 g/mol. The molecule has 0 spiro atoms. The molecule has 2 fully saturated rings. The van der Waals surface area contributed by atoms with Crippen molar-refractivity contribution in [2.24, 2.45) is 23.5 Å².